The van der Waals surface area contributed by atoms with E-state index in [4.69, 9.17) is 11.6 Å². The van der Waals surface area contributed by atoms with Crippen molar-refractivity contribution in [3.05, 3.63) is 81.5 Å². The summed E-state index contributed by atoms with van der Waals surface area (Å²) >= 11 is 6.26. The van der Waals surface area contributed by atoms with E-state index in [0.717, 1.165) is 24.0 Å². The van der Waals surface area contributed by atoms with Gasteiger partial charge in [-0.25, -0.2) is 4.39 Å². The number of halogens is 2. The van der Waals surface area contributed by atoms with Gasteiger partial charge in [-0.1, -0.05) is 23.7 Å². The number of carbonyl (C=O) groups is 2. The average molecular weight is 495 g/mol. The summed E-state index contributed by atoms with van der Waals surface area (Å²) in [6.45, 7) is 0.969. The van der Waals surface area contributed by atoms with Gasteiger partial charge in [0.15, 0.2) is 0 Å². The molecule has 35 heavy (non-hydrogen) atoms. The fraction of sp³-hybridized carbons (Fsp3) is 0.308. The molecule has 1 saturated heterocycles. The molecule has 2 aliphatic rings. The van der Waals surface area contributed by atoms with Crippen molar-refractivity contribution in [2.24, 2.45) is 0 Å². The van der Waals surface area contributed by atoms with E-state index in [-0.39, 0.29) is 41.5 Å². The molecule has 1 aromatic carbocycles. The Morgan fingerprint density at radius 3 is 2.86 bits per heavy atom. The molecule has 1 atom stereocenters. The Balaban J connectivity index is 1.39. The first-order valence-electron chi connectivity index (χ1n) is 11.5. The highest BCUT2D eigenvalue weighted by Gasteiger charge is 2.28. The number of likely N-dealkylation sites (tertiary alicyclic amines) is 1. The number of hydrogen-bond acceptors (Lipinski definition) is 5. The number of fused-ring (bicyclic) bond motifs is 1. The number of amides is 2. The minimum atomic E-state index is -0.481. The SMILES string of the molecule is O=C1NCc2cc(-c3c(F)cccc3Cl)nc(Cc3ccc(CC(=O)N4CCC[C@H]4CO)nc3)c21. The third-order valence-electron chi connectivity index (χ3n) is 6.56. The van der Waals surface area contributed by atoms with Gasteiger partial charge in [-0.15, -0.1) is 0 Å². The zero-order chi connectivity index (χ0) is 24.5. The molecule has 2 N–H and O–H groups in total. The first-order chi connectivity index (χ1) is 16.9. The molecule has 180 valence electrons. The lowest BCUT2D eigenvalue weighted by molar-refractivity contribution is -0.132. The Bertz CT molecular complexity index is 1280. The number of nitrogens with zero attached hydrogens (tertiary/aromatic N) is 3. The summed E-state index contributed by atoms with van der Waals surface area (Å²) < 4.78 is 14.6. The number of aromatic nitrogens is 2. The second kappa shape index (κ2) is 9.71. The van der Waals surface area contributed by atoms with Crippen LogP contribution < -0.4 is 5.32 Å². The van der Waals surface area contributed by atoms with E-state index in [0.29, 0.717) is 42.2 Å². The fourth-order valence-electron chi connectivity index (χ4n) is 4.80. The van der Waals surface area contributed by atoms with Crippen molar-refractivity contribution in [1.82, 2.24) is 20.2 Å². The maximum atomic E-state index is 14.6. The molecule has 2 amide bonds. The smallest absolute Gasteiger partial charge is 0.253 e. The van der Waals surface area contributed by atoms with E-state index >= 15 is 0 Å². The summed E-state index contributed by atoms with van der Waals surface area (Å²) in [6.07, 6.45) is 3.85. The molecule has 2 aromatic heterocycles. The Hall–Kier alpha value is -3.36. The molecule has 2 aliphatic heterocycles. The average Bonchev–Trinajstić information content (AvgIpc) is 3.47. The second-order valence-corrected chi connectivity index (χ2v) is 9.25. The highest BCUT2D eigenvalue weighted by Crippen LogP contribution is 2.33. The van der Waals surface area contributed by atoms with Crippen LogP contribution in [0.4, 0.5) is 4.39 Å². The standard InChI is InChI=1S/C26H24ClFN4O3/c27-19-4-1-5-20(28)25(19)22-10-16-13-30-26(35)24(16)21(31-22)9-15-6-7-17(29-12-15)11-23(34)32-8-2-3-18(32)14-33/h1,4-7,10,12,18,33H,2-3,8-9,11,13-14H2,(H,30,35)/t18-/m0/s1. The van der Waals surface area contributed by atoms with Gasteiger partial charge in [0.05, 0.1) is 46.6 Å². The molecular formula is C26H24ClFN4O3. The molecule has 4 heterocycles. The minimum absolute atomic E-state index is 0.0276. The van der Waals surface area contributed by atoms with Gasteiger partial charge in [-0.3, -0.25) is 19.6 Å². The van der Waals surface area contributed by atoms with Gasteiger partial charge < -0.3 is 15.3 Å². The molecule has 7 nitrogen and oxygen atoms in total. The van der Waals surface area contributed by atoms with Crippen LogP contribution in [-0.4, -0.2) is 51.0 Å². The van der Waals surface area contributed by atoms with Crippen LogP contribution in [-0.2, 0) is 24.2 Å². The van der Waals surface area contributed by atoms with E-state index < -0.39 is 5.82 Å². The highest BCUT2D eigenvalue weighted by molar-refractivity contribution is 6.33. The monoisotopic (exact) mass is 494 g/mol. The van der Waals surface area contributed by atoms with Crippen LogP contribution in [0.1, 0.15) is 45.7 Å². The summed E-state index contributed by atoms with van der Waals surface area (Å²) in [4.78, 5) is 35.9. The van der Waals surface area contributed by atoms with Crippen LogP contribution in [0, 0.1) is 5.82 Å². The minimum Gasteiger partial charge on any atom is -0.394 e. The molecular weight excluding hydrogens is 471 g/mol. The maximum absolute atomic E-state index is 14.6. The molecule has 0 radical (unpaired) electrons. The van der Waals surface area contributed by atoms with Gasteiger partial charge in [-0.05, 0) is 48.2 Å². The third-order valence-corrected chi connectivity index (χ3v) is 6.87. The van der Waals surface area contributed by atoms with E-state index in [1.54, 1.807) is 29.3 Å². The Kier molecular flexibility index (Phi) is 6.49. The molecule has 9 heteroatoms. The van der Waals surface area contributed by atoms with Crippen molar-refractivity contribution in [1.29, 1.82) is 0 Å². The van der Waals surface area contributed by atoms with Crippen LogP contribution in [0.25, 0.3) is 11.3 Å². The Morgan fingerprint density at radius 1 is 1.26 bits per heavy atom. The molecule has 0 saturated carbocycles. The first-order valence-corrected chi connectivity index (χ1v) is 11.9. The molecule has 0 bridgehead atoms. The summed E-state index contributed by atoms with van der Waals surface area (Å²) in [5.74, 6) is -0.745. The van der Waals surface area contributed by atoms with Crippen LogP contribution in [0.5, 0.6) is 0 Å². The van der Waals surface area contributed by atoms with Gasteiger partial charge in [0.1, 0.15) is 5.82 Å². The highest BCUT2D eigenvalue weighted by atomic mass is 35.5. The predicted octanol–water partition coefficient (Wildman–Crippen LogP) is 3.30. The van der Waals surface area contributed by atoms with Crippen LogP contribution in [0.2, 0.25) is 5.02 Å². The number of carbonyl (C=O) groups excluding carboxylic acids is 2. The Morgan fingerprint density at radius 2 is 2.11 bits per heavy atom. The second-order valence-electron chi connectivity index (χ2n) is 8.84. The Labute approximate surface area is 207 Å². The van der Waals surface area contributed by atoms with Crippen molar-refractivity contribution in [2.75, 3.05) is 13.2 Å². The van der Waals surface area contributed by atoms with Gasteiger partial charge in [0.2, 0.25) is 5.91 Å². The number of nitrogens with one attached hydrogen (secondary N) is 1. The van der Waals surface area contributed by atoms with Crippen molar-refractivity contribution in [2.45, 2.75) is 38.3 Å². The van der Waals surface area contributed by atoms with Crippen molar-refractivity contribution >= 4 is 23.4 Å². The lowest BCUT2D eigenvalue weighted by Crippen LogP contribution is -2.38. The zero-order valence-electron chi connectivity index (χ0n) is 18.9. The topological polar surface area (TPSA) is 95.4 Å². The van der Waals surface area contributed by atoms with Crippen LogP contribution >= 0.6 is 11.6 Å². The quantitative estimate of drug-likeness (QED) is 0.548. The van der Waals surface area contributed by atoms with E-state index in [9.17, 15) is 19.1 Å². The lowest BCUT2D eigenvalue weighted by atomic mass is 10.00. The number of benzene rings is 1. The van der Waals surface area contributed by atoms with Crippen molar-refractivity contribution < 1.29 is 19.1 Å². The van der Waals surface area contributed by atoms with Crippen LogP contribution in [0.3, 0.4) is 0 Å². The van der Waals surface area contributed by atoms with Gasteiger partial charge in [-0.2, -0.15) is 0 Å². The molecule has 1 fully saturated rings. The largest absolute Gasteiger partial charge is 0.394 e. The zero-order valence-corrected chi connectivity index (χ0v) is 19.7. The van der Waals surface area contributed by atoms with E-state index in [1.165, 1.54) is 12.1 Å². The summed E-state index contributed by atoms with van der Waals surface area (Å²) in [7, 11) is 0. The number of rotatable bonds is 6. The maximum Gasteiger partial charge on any atom is 0.253 e. The first kappa shape index (κ1) is 23.4. The predicted molar refractivity (Wildman–Crippen MR) is 128 cm³/mol. The number of aliphatic hydroxyl groups is 1. The normalized spacial score (nSPS) is 16.9. The summed E-state index contributed by atoms with van der Waals surface area (Å²) in [6, 6.07) is 9.69. The summed E-state index contributed by atoms with van der Waals surface area (Å²) in [5, 5.41) is 12.5. The van der Waals surface area contributed by atoms with E-state index in [2.05, 4.69) is 15.3 Å². The fourth-order valence-corrected chi connectivity index (χ4v) is 5.06. The summed E-state index contributed by atoms with van der Waals surface area (Å²) in [5.41, 5.74) is 3.76. The lowest BCUT2D eigenvalue weighted by Gasteiger charge is -2.22. The molecule has 0 spiro atoms. The molecule has 0 aliphatic carbocycles. The van der Waals surface area contributed by atoms with E-state index in [1.807, 2.05) is 6.07 Å². The van der Waals surface area contributed by atoms with Crippen molar-refractivity contribution in [3.8, 4) is 11.3 Å². The van der Waals surface area contributed by atoms with Gasteiger partial charge in [0, 0.05) is 31.4 Å². The van der Waals surface area contributed by atoms with Crippen molar-refractivity contribution in [3.63, 3.8) is 0 Å². The van der Waals surface area contributed by atoms with Gasteiger partial charge in [0.25, 0.3) is 5.91 Å². The number of hydrogen-bond donors (Lipinski definition) is 2. The van der Waals surface area contributed by atoms with Gasteiger partial charge >= 0.3 is 0 Å². The molecule has 5 rings (SSSR count). The number of aliphatic hydroxyl groups excluding tert-OH is 1. The third kappa shape index (κ3) is 4.63. The molecule has 3 aromatic rings. The number of pyridine rings is 2. The van der Waals surface area contributed by atoms with Crippen LogP contribution in [0.15, 0.2) is 42.6 Å². The molecule has 0 unspecified atom stereocenters.